The molecule has 0 spiro atoms. The summed E-state index contributed by atoms with van der Waals surface area (Å²) < 4.78 is 18.2. The molecule has 0 bridgehead atoms. The fourth-order valence-corrected chi connectivity index (χ4v) is 1.94. The van der Waals surface area contributed by atoms with Crippen LogP contribution in [0.5, 0.6) is 5.75 Å². The highest BCUT2D eigenvalue weighted by atomic mass is 35.5. The van der Waals surface area contributed by atoms with E-state index in [2.05, 4.69) is 5.32 Å². The Labute approximate surface area is 136 Å². The van der Waals surface area contributed by atoms with Gasteiger partial charge in [0.1, 0.15) is 17.1 Å². The highest BCUT2D eigenvalue weighted by Crippen LogP contribution is 2.22. The number of phenolic OH excluding ortho intramolecular Hbond substituents is 1. The molecule has 1 amide bonds. The molecule has 120 valence electrons. The van der Waals surface area contributed by atoms with E-state index in [9.17, 15) is 19.1 Å². The summed E-state index contributed by atoms with van der Waals surface area (Å²) in [5.41, 5.74) is 0.180. The van der Waals surface area contributed by atoms with Crippen LogP contribution >= 0.6 is 11.6 Å². The van der Waals surface area contributed by atoms with E-state index in [1.165, 1.54) is 30.3 Å². The van der Waals surface area contributed by atoms with Crippen LogP contribution in [-0.2, 0) is 16.1 Å². The minimum Gasteiger partial charge on any atom is -0.507 e. The van der Waals surface area contributed by atoms with Crippen molar-refractivity contribution in [3.8, 4) is 5.75 Å². The molecule has 0 radical (unpaired) electrons. The number of halogens is 2. The number of aromatic hydroxyl groups is 1. The molecule has 23 heavy (non-hydrogen) atoms. The van der Waals surface area contributed by atoms with Crippen molar-refractivity contribution in [2.45, 2.75) is 6.54 Å². The molecule has 0 atom stereocenters. The molecule has 0 aromatic heterocycles. The number of hydrogen-bond donors (Lipinski definition) is 2. The van der Waals surface area contributed by atoms with E-state index in [4.69, 9.17) is 16.3 Å². The Morgan fingerprint density at radius 1 is 1.22 bits per heavy atom. The SMILES string of the molecule is O=C(COC(=O)c1cc(Cl)ccc1O)NCc1ccccc1F. The number of amides is 1. The largest absolute Gasteiger partial charge is 0.507 e. The van der Waals surface area contributed by atoms with E-state index in [-0.39, 0.29) is 22.9 Å². The van der Waals surface area contributed by atoms with Gasteiger partial charge in [0.05, 0.1) is 0 Å². The summed E-state index contributed by atoms with van der Waals surface area (Å²) in [7, 11) is 0. The topological polar surface area (TPSA) is 75.6 Å². The lowest BCUT2D eigenvalue weighted by atomic mass is 10.2. The second-order valence-corrected chi connectivity index (χ2v) is 5.04. The molecule has 0 aliphatic heterocycles. The van der Waals surface area contributed by atoms with Crippen LogP contribution in [0.15, 0.2) is 42.5 Å². The van der Waals surface area contributed by atoms with Gasteiger partial charge >= 0.3 is 5.97 Å². The number of phenols is 1. The van der Waals surface area contributed by atoms with Crippen LogP contribution in [0, 0.1) is 5.82 Å². The highest BCUT2D eigenvalue weighted by molar-refractivity contribution is 6.31. The van der Waals surface area contributed by atoms with E-state index in [1.807, 2.05) is 0 Å². The minimum atomic E-state index is -0.883. The van der Waals surface area contributed by atoms with Crippen molar-refractivity contribution >= 4 is 23.5 Å². The first kappa shape index (κ1) is 16.8. The van der Waals surface area contributed by atoms with Crippen molar-refractivity contribution in [2.24, 2.45) is 0 Å². The molecule has 2 rings (SSSR count). The van der Waals surface area contributed by atoms with Crippen LogP contribution in [0.25, 0.3) is 0 Å². The average Bonchev–Trinajstić information content (AvgIpc) is 2.54. The molecule has 5 nitrogen and oxygen atoms in total. The fourth-order valence-electron chi connectivity index (χ4n) is 1.77. The smallest absolute Gasteiger partial charge is 0.342 e. The zero-order valence-corrected chi connectivity index (χ0v) is 12.6. The van der Waals surface area contributed by atoms with Crippen LogP contribution in [0.4, 0.5) is 4.39 Å². The summed E-state index contributed by atoms with van der Waals surface area (Å²) >= 11 is 5.72. The van der Waals surface area contributed by atoms with Crippen molar-refractivity contribution in [2.75, 3.05) is 6.61 Å². The van der Waals surface area contributed by atoms with Gasteiger partial charge in [-0.3, -0.25) is 4.79 Å². The minimum absolute atomic E-state index is 0.0223. The van der Waals surface area contributed by atoms with Gasteiger partial charge in [-0.1, -0.05) is 29.8 Å². The number of rotatable bonds is 5. The van der Waals surface area contributed by atoms with Crippen LogP contribution < -0.4 is 5.32 Å². The molecular formula is C16H13ClFNO4. The monoisotopic (exact) mass is 337 g/mol. The number of benzene rings is 2. The second-order valence-electron chi connectivity index (χ2n) is 4.61. The molecule has 0 aliphatic rings. The van der Waals surface area contributed by atoms with E-state index in [1.54, 1.807) is 12.1 Å². The molecule has 0 saturated heterocycles. The Hall–Kier alpha value is -2.60. The third-order valence-electron chi connectivity index (χ3n) is 2.95. The van der Waals surface area contributed by atoms with Crippen molar-refractivity contribution in [1.29, 1.82) is 0 Å². The lowest BCUT2D eigenvalue weighted by Gasteiger charge is -2.08. The summed E-state index contributed by atoms with van der Waals surface area (Å²) in [6.45, 7) is -0.579. The van der Waals surface area contributed by atoms with Gasteiger partial charge in [-0.15, -0.1) is 0 Å². The Morgan fingerprint density at radius 2 is 1.96 bits per heavy atom. The molecule has 2 N–H and O–H groups in total. The van der Waals surface area contributed by atoms with Crippen LogP contribution in [0.1, 0.15) is 15.9 Å². The second kappa shape index (κ2) is 7.60. The number of hydrogen-bond acceptors (Lipinski definition) is 4. The number of carbonyl (C=O) groups is 2. The maximum Gasteiger partial charge on any atom is 0.342 e. The third kappa shape index (κ3) is 4.69. The van der Waals surface area contributed by atoms with E-state index >= 15 is 0 Å². The van der Waals surface area contributed by atoms with Gasteiger partial charge in [-0.25, -0.2) is 9.18 Å². The first-order valence-corrected chi connectivity index (χ1v) is 7.01. The van der Waals surface area contributed by atoms with Crippen LogP contribution in [0.2, 0.25) is 5.02 Å². The van der Waals surface area contributed by atoms with Gasteiger partial charge in [-0.05, 0) is 24.3 Å². The average molecular weight is 338 g/mol. The van der Waals surface area contributed by atoms with Gasteiger partial charge in [0.25, 0.3) is 5.91 Å². The quantitative estimate of drug-likeness (QED) is 0.822. The van der Waals surface area contributed by atoms with E-state index in [0.717, 1.165) is 0 Å². The Morgan fingerprint density at radius 3 is 2.70 bits per heavy atom. The number of ether oxygens (including phenoxy) is 1. The fraction of sp³-hybridized carbons (Fsp3) is 0.125. The maximum atomic E-state index is 13.4. The highest BCUT2D eigenvalue weighted by Gasteiger charge is 2.15. The van der Waals surface area contributed by atoms with Crippen molar-refractivity contribution < 1.29 is 23.8 Å². The molecule has 2 aromatic rings. The van der Waals surface area contributed by atoms with E-state index < -0.39 is 24.3 Å². The van der Waals surface area contributed by atoms with Gasteiger partial charge < -0.3 is 15.2 Å². The normalized spacial score (nSPS) is 10.2. The summed E-state index contributed by atoms with van der Waals surface area (Å²) in [6.07, 6.45) is 0. The number of carbonyl (C=O) groups excluding carboxylic acids is 2. The van der Waals surface area contributed by atoms with Crippen molar-refractivity contribution in [3.63, 3.8) is 0 Å². The predicted molar refractivity (Wildman–Crippen MR) is 81.6 cm³/mol. The number of esters is 1. The van der Waals surface area contributed by atoms with Crippen LogP contribution in [0.3, 0.4) is 0 Å². The number of nitrogens with one attached hydrogen (secondary N) is 1. The molecule has 0 aliphatic carbocycles. The summed E-state index contributed by atoms with van der Waals surface area (Å²) in [5.74, 6) is -2.21. The van der Waals surface area contributed by atoms with E-state index in [0.29, 0.717) is 5.56 Å². The molecule has 0 heterocycles. The van der Waals surface area contributed by atoms with Gasteiger partial charge in [0.15, 0.2) is 6.61 Å². The third-order valence-corrected chi connectivity index (χ3v) is 3.18. The summed E-state index contributed by atoms with van der Waals surface area (Å²) in [6, 6.07) is 9.89. The maximum absolute atomic E-state index is 13.4. The molecule has 2 aromatic carbocycles. The van der Waals surface area contributed by atoms with Crippen molar-refractivity contribution in [3.05, 3.63) is 64.4 Å². The summed E-state index contributed by atoms with van der Waals surface area (Å²) in [5, 5.41) is 12.2. The first-order valence-electron chi connectivity index (χ1n) is 6.63. The lowest BCUT2D eigenvalue weighted by molar-refractivity contribution is -0.124. The molecule has 0 unspecified atom stereocenters. The van der Waals surface area contributed by atoms with Crippen LogP contribution in [-0.4, -0.2) is 23.6 Å². The summed E-state index contributed by atoms with van der Waals surface area (Å²) in [4.78, 5) is 23.4. The predicted octanol–water partition coefficient (Wildman–Crippen LogP) is 2.66. The zero-order valence-electron chi connectivity index (χ0n) is 11.9. The van der Waals surface area contributed by atoms with Gasteiger partial charge in [-0.2, -0.15) is 0 Å². The van der Waals surface area contributed by atoms with Gasteiger partial charge in [0.2, 0.25) is 0 Å². The molecule has 0 saturated carbocycles. The zero-order chi connectivity index (χ0) is 16.8. The first-order chi connectivity index (χ1) is 11.0. The lowest BCUT2D eigenvalue weighted by Crippen LogP contribution is -2.28. The Kier molecular flexibility index (Phi) is 5.54. The molecular weight excluding hydrogens is 325 g/mol. The standard InChI is InChI=1S/C16H13ClFNO4/c17-11-5-6-14(20)12(7-11)16(22)23-9-15(21)19-8-10-3-1-2-4-13(10)18/h1-7,20H,8-9H2,(H,19,21). The molecule has 0 fully saturated rings. The van der Waals surface area contributed by atoms with Crippen molar-refractivity contribution in [1.82, 2.24) is 5.32 Å². The Balaban J connectivity index is 1.86. The molecule has 7 heteroatoms. The Bertz CT molecular complexity index is 736. The van der Waals surface area contributed by atoms with Gasteiger partial charge in [0, 0.05) is 17.1 Å².